The lowest BCUT2D eigenvalue weighted by Crippen LogP contribution is -2.44. The molecular formula is C25H32N6O. The molecule has 3 aromatic rings. The lowest BCUT2D eigenvalue weighted by Gasteiger charge is -2.22. The van der Waals surface area contributed by atoms with Crippen LogP contribution < -0.4 is 10.6 Å². The number of likely N-dealkylation sites (N-methyl/N-ethyl adjacent to an activating group) is 1. The average molecular weight is 433 g/mol. The van der Waals surface area contributed by atoms with Gasteiger partial charge in [-0.25, -0.2) is 4.68 Å². The molecule has 1 heterocycles. The van der Waals surface area contributed by atoms with Crippen molar-refractivity contribution in [3.63, 3.8) is 0 Å². The number of para-hydroxylation sites is 1. The first kappa shape index (κ1) is 23.1. The largest absolute Gasteiger partial charge is 0.352 e. The molecule has 0 aliphatic heterocycles. The van der Waals surface area contributed by atoms with E-state index in [1.807, 2.05) is 72.8 Å². The first-order valence-electron chi connectivity index (χ1n) is 10.9. The van der Waals surface area contributed by atoms with Gasteiger partial charge in [-0.1, -0.05) is 48.5 Å². The van der Waals surface area contributed by atoms with Crippen LogP contribution in [0, 0.1) is 13.8 Å². The van der Waals surface area contributed by atoms with Gasteiger partial charge in [0.25, 0.3) is 0 Å². The Hall–Kier alpha value is -3.61. The molecule has 7 heteroatoms. The van der Waals surface area contributed by atoms with Crippen LogP contribution in [0.2, 0.25) is 0 Å². The molecule has 32 heavy (non-hydrogen) atoms. The van der Waals surface area contributed by atoms with E-state index in [9.17, 15) is 4.79 Å². The standard InChI is InChI=1S/C25H32N6O/c1-5-30(18-21-11-7-6-8-12-21)24(32)17-28-25(26-4)27-16-22-13-9-10-14-23(22)31-20(3)15-19(2)29-31/h6-15H,5,16-18H2,1-4H3,(H2,26,27,28). The maximum atomic E-state index is 12.7. The Morgan fingerprint density at radius 2 is 1.78 bits per heavy atom. The highest BCUT2D eigenvalue weighted by atomic mass is 16.2. The fourth-order valence-electron chi connectivity index (χ4n) is 3.59. The highest BCUT2D eigenvalue weighted by Crippen LogP contribution is 2.16. The lowest BCUT2D eigenvalue weighted by molar-refractivity contribution is -0.130. The minimum Gasteiger partial charge on any atom is -0.352 e. The van der Waals surface area contributed by atoms with Crippen LogP contribution in [0.25, 0.3) is 5.69 Å². The number of hydrogen-bond donors (Lipinski definition) is 2. The summed E-state index contributed by atoms with van der Waals surface area (Å²) in [6, 6.07) is 20.2. The predicted molar refractivity (Wildman–Crippen MR) is 129 cm³/mol. The Bertz CT molecular complexity index is 1060. The second-order valence-corrected chi connectivity index (χ2v) is 7.64. The van der Waals surface area contributed by atoms with E-state index >= 15 is 0 Å². The minimum absolute atomic E-state index is 0.0299. The quantitative estimate of drug-likeness (QED) is 0.423. The third-order valence-corrected chi connectivity index (χ3v) is 5.26. The number of hydrogen-bond acceptors (Lipinski definition) is 3. The molecular weight excluding hydrogens is 400 g/mol. The molecule has 0 saturated heterocycles. The Labute approximate surface area is 190 Å². The van der Waals surface area contributed by atoms with E-state index in [-0.39, 0.29) is 12.5 Å². The molecule has 7 nitrogen and oxygen atoms in total. The summed E-state index contributed by atoms with van der Waals surface area (Å²) in [7, 11) is 1.70. The first-order chi connectivity index (χ1) is 15.5. The zero-order valence-electron chi connectivity index (χ0n) is 19.3. The van der Waals surface area contributed by atoms with Gasteiger partial charge in [-0.15, -0.1) is 0 Å². The summed E-state index contributed by atoms with van der Waals surface area (Å²) in [5, 5.41) is 11.1. The van der Waals surface area contributed by atoms with Gasteiger partial charge in [-0.2, -0.15) is 5.10 Å². The highest BCUT2D eigenvalue weighted by Gasteiger charge is 2.13. The highest BCUT2D eigenvalue weighted by molar-refractivity contribution is 5.86. The van der Waals surface area contributed by atoms with E-state index in [1.165, 1.54) is 0 Å². The van der Waals surface area contributed by atoms with Gasteiger partial charge in [0.05, 0.1) is 17.9 Å². The second kappa shape index (κ2) is 11.1. The maximum absolute atomic E-state index is 12.7. The number of amides is 1. The molecule has 0 aliphatic rings. The van der Waals surface area contributed by atoms with Gasteiger partial charge in [0, 0.05) is 32.4 Å². The summed E-state index contributed by atoms with van der Waals surface area (Å²) in [5.41, 5.74) is 5.30. The third-order valence-electron chi connectivity index (χ3n) is 5.26. The molecule has 0 aliphatic carbocycles. The summed E-state index contributed by atoms with van der Waals surface area (Å²) in [5.74, 6) is 0.611. The predicted octanol–water partition coefficient (Wildman–Crippen LogP) is 3.20. The monoisotopic (exact) mass is 432 g/mol. The smallest absolute Gasteiger partial charge is 0.242 e. The molecule has 1 amide bonds. The van der Waals surface area contributed by atoms with Gasteiger partial charge in [0.15, 0.2) is 5.96 Å². The molecule has 3 rings (SSSR count). The minimum atomic E-state index is 0.0299. The van der Waals surface area contributed by atoms with Crippen molar-refractivity contribution in [3.8, 4) is 5.69 Å². The number of carbonyl (C=O) groups excluding carboxylic acids is 1. The van der Waals surface area contributed by atoms with Crippen molar-refractivity contribution in [2.45, 2.75) is 33.9 Å². The van der Waals surface area contributed by atoms with Crippen LogP contribution in [0.3, 0.4) is 0 Å². The summed E-state index contributed by atoms with van der Waals surface area (Å²) in [6.45, 7) is 8.01. The van der Waals surface area contributed by atoms with Gasteiger partial charge in [-0.3, -0.25) is 9.79 Å². The fourth-order valence-corrected chi connectivity index (χ4v) is 3.59. The summed E-state index contributed by atoms with van der Waals surface area (Å²) >= 11 is 0. The number of guanidine groups is 1. The van der Waals surface area contributed by atoms with E-state index in [0.717, 1.165) is 28.2 Å². The van der Waals surface area contributed by atoms with Crippen molar-refractivity contribution >= 4 is 11.9 Å². The summed E-state index contributed by atoms with van der Waals surface area (Å²) in [6.07, 6.45) is 0. The number of benzene rings is 2. The van der Waals surface area contributed by atoms with Crippen LogP contribution in [0.5, 0.6) is 0 Å². The molecule has 0 spiro atoms. The maximum Gasteiger partial charge on any atom is 0.242 e. The first-order valence-corrected chi connectivity index (χ1v) is 10.9. The number of nitrogens with one attached hydrogen (secondary N) is 2. The van der Waals surface area contributed by atoms with Gasteiger partial charge < -0.3 is 15.5 Å². The Balaban J connectivity index is 1.59. The van der Waals surface area contributed by atoms with E-state index in [1.54, 1.807) is 7.05 Å². The van der Waals surface area contributed by atoms with Crippen molar-refractivity contribution in [1.82, 2.24) is 25.3 Å². The van der Waals surface area contributed by atoms with Crippen LogP contribution in [0.4, 0.5) is 0 Å². The van der Waals surface area contributed by atoms with Crippen LogP contribution in [-0.2, 0) is 17.9 Å². The van der Waals surface area contributed by atoms with E-state index in [4.69, 9.17) is 0 Å². The average Bonchev–Trinajstić information content (AvgIpc) is 3.15. The fraction of sp³-hybridized carbons (Fsp3) is 0.320. The molecule has 0 atom stereocenters. The molecule has 1 aromatic heterocycles. The van der Waals surface area contributed by atoms with E-state index < -0.39 is 0 Å². The van der Waals surface area contributed by atoms with Gasteiger partial charge in [0.1, 0.15) is 0 Å². The Kier molecular flexibility index (Phi) is 8.02. The lowest BCUT2D eigenvalue weighted by atomic mass is 10.1. The van der Waals surface area contributed by atoms with Crippen LogP contribution in [0.15, 0.2) is 65.7 Å². The van der Waals surface area contributed by atoms with Crippen LogP contribution in [0.1, 0.15) is 29.4 Å². The third kappa shape index (κ3) is 5.97. The summed E-state index contributed by atoms with van der Waals surface area (Å²) in [4.78, 5) is 18.8. The number of carbonyl (C=O) groups is 1. The molecule has 0 bridgehead atoms. The van der Waals surface area contributed by atoms with E-state index in [0.29, 0.717) is 25.6 Å². The van der Waals surface area contributed by atoms with Crippen LogP contribution in [-0.4, -0.2) is 46.7 Å². The molecule has 0 radical (unpaired) electrons. The molecule has 168 valence electrons. The van der Waals surface area contributed by atoms with Crippen LogP contribution >= 0.6 is 0 Å². The zero-order valence-corrected chi connectivity index (χ0v) is 19.3. The van der Waals surface area contributed by atoms with Crippen molar-refractivity contribution in [1.29, 1.82) is 0 Å². The molecule has 0 fully saturated rings. The van der Waals surface area contributed by atoms with Crippen molar-refractivity contribution < 1.29 is 4.79 Å². The zero-order chi connectivity index (χ0) is 22.9. The molecule has 0 saturated carbocycles. The number of aryl methyl sites for hydroxylation is 2. The van der Waals surface area contributed by atoms with Gasteiger partial charge in [-0.05, 0) is 44.0 Å². The number of rotatable bonds is 8. The Morgan fingerprint density at radius 1 is 1.06 bits per heavy atom. The molecule has 2 aromatic carbocycles. The van der Waals surface area contributed by atoms with Gasteiger partial charge >= 0.3 is 0 Å². The van der Waals surface area contributed by atoms with Crippen molar-refractivity contribution in [2.24, 2.45) is 4.99 Å². The van der Waals surface area contributed by atoms with E-state index in [2.05, 4.69) is 38.9 Å². The number of aliphatic imine (C=N–C) groups is 1. The molecule has 2 N–H and O–H groups in total. The van der Waals surface area contributed by atoms with Crippen molar-refractivity contribution in [2.75, 3.05) is 20.1 Å². The Morgan fingerprint density at radius 3 is 2.44 bits per heavy atom. The topological polar surface area (TPSA) is 74.6 Å². The summed E-state index contributed by atoms with van der Waals surface area (Å²) < 4.78 is 1.95. The second-order valence-electron chi connectivity index (χ2n) is 7.64. The normalized spacial score (nSPS) is 11.3. The van der Waals surface area contributed by atoms with Crippen molar-refractivity contribution in [3.05, 3.63) is 83.2 Å². The number of nitrogens with zero attached hydrogens (tertiary/aromatic N) is 4. The van der Waals surface area contributed by atoms with Gasteiger partial charge in [0.2, 0.25) is 5.91 Å². The molecule has 0 unspecified atom stereocenters. The number of aromatic nitrogens is 2. The SMILES string of the molecule is CCN(Cc1ccccc1)C(=O)CNC(=NC)NCc1ccccc1-n1nc(C)cc1C.